The summed E-state index contributed by atoms with van der Waals surface area (Å²) in [5.41, 5.74) is 1.63. The van der Waals surface area contributed by atoms with Gasteiger partial charge in [0, 0.05) is 23.5 Å². The van der Waals surface area contributed by atoms with Crippen LogP contribution in [0, 0.1) is 6.92 Å². The molecule has 2 aromatic carbocycles. The minimum Gasteiger partial charge on any atom is -0.478 e. The second kappa shape index (κ2) is 6.83. The van der Waals surface area contributed by atoms with Gasteiger partial charge in [-0.15, -0.1) is 0 Å². The highest BCUT2D eigenvalue weighted by Gasteiger charge is 2.13. The van der Waals surface area contributed by atoms with Gasteiger partial charge in [-0.05, 0) is 37.3 Å². The molecule has 1 aliphatic heterocycles. The van der Waals surface area contributed by atoms with Crippen LogP contribution in [0.15, 0.2) is 48.5 Å². The summed E-state index contributed by atoms with van der Waals surface area (Å²) >= 11 is 0. The first-order chi connectivity index (χ1) is 13.1. The van der Waals surface area contributed by atoms with Crippen molar-refractivity contribution in [3.8, 4) is 11.5 Å². The number of hydrogen-bond donors (Lipinski definition) is 3. The lowest BCUT2D eigenvalue weighted by atomic mass is 10.2. The summed E-state index contributed by atoms with van der Waals surface area (Å²) in [4.78, 5) is 19.8. The van der Waals surface area contributed by atoms with E-state index in [1.54, 1.807) is 31.2 Å². The Morgan fingerprint density at radius 2 is 1.67 bits per heavy atom. The number of carboxylic acid groups (broad SMARTS) is 1. The topological polar surface area (TPSA) is 106 Å². The maximum Gasteiger partial charge on any atom is 0.335 e. The normalized spacial score (nSPS) is 11.9. The Morgan fingerprint density at radius 1 is 0.963 bits per heavy atom. The van der Waals surface area contributed by atoms with Crippen molar-refractivity contribution >= 4 is 29.0 Å². The Balaban J connectivity index is 1.56. The lowest BCUT2D eigenvalue weighted by Crippen LogP contribution is -2.02. The Labute approximate surface area is 154 Å². The molecule has 2 heterocycles. The van der Waals surface area contributed by atoms with Gasteiger partial charge in [-0.2, -0.15) is 0 Å². The van der Waals surface area contributed by atoms with Crippen LogP contribution in [0.3, 0.4) is 0 Å². The first kappa shape index (κ1) is 16.6. The van der Waals surface area contributed by atoms with Gasteiger partial charge in [0.1, 0.15) is 17.5 Å². The maximum absolute atomic E-state index is 11.1. The molecule has 0 unspecified atom stereocenters. The van der Waals surface area contributed by atoms with Gasteiger partial charge in [0.05, 0.1) is 5.56 Å². The molecule has 0 saturated heterocycles. The number of hydrogen-bond acceptors (Lipinski definition) is 7. The maximum atomic E-state index is 11.1. The fourth-order valence-electron chi connectivity index (χ4n) is 2.70. The number of nitrogens with one attached hydrogen (secondary N) is 2. The number of nitrogens with zero attached hydrogens (tertiary/aromatic N) is 2. The first-order valence-electron chi connectivity index (χ1n) is 8.19. The number of aromatic carboxylic acids is 1. The van der Waals surface area contributed by atoms with E-state index in [1.165, 1.54) is 6.07 Å². The van der Waals surface area contributed by atoms with E-state index >= 15 is 0 Å². The predicted molar refractivity (Wildman–Crippen MR) is 99.3 cm³/mol. The lowest BCUT2D eigenvalue weighted by molar-refractivity contribution is 0.0697. The molecule has 8 nitrogen and oxygen atoms in total. The third kappa shape index (κ3) is 3.74. The van der Waals surface area contributed by atoms with E-state index in [0.717, 1.165) is 5.69 Å². The molecule has 136 valence electrons. The Bertz CT molecular complexity index is 1020. The van der Waals surface area contributed by atoms with Gasteiger partial charge in [-0.3, -0.25) is 0 Å². The van der Waals surface area contributed by atoms with Gasteiger partial charge < -0.3 is 25.2 Å². The van der Waals surface area contributed by atoms with Crippen molar-refractivity contribution in [3.05, 3.63) is 59.9 Å². The molecule has 0 spiro atoms. The van der Waals surface area contributed by atoms with Crippen molar-refractivity contribution < 1.29 is 19.4 Å². The zero-order chi connectivity index (χ0) is 18.8. The highest BCUT2D eigenvalue weighted by molar-refractivity contribution is 5.89. The van der Waals surface area contributed by atoms with Crippen LogP contribution in [0.2, 0.25) is 0 Å². The predicted octanol–water partition coefficient (Wildman–Crippen LogP) is 3.70. The van der Waals surface area contributed by atoms with Crippen LogP contribution in [-0.2, 0) is 0 Å². The number of carbonyl (C=O) groups is 1. The Kier molecular flexibility index (Phi) is 4.21. The molecule has 0 amide bonds. The number of benzene rings is 2. The third-order valence-electron chi connectivity index (χ3n) is 3.86. The second-order valence-corrected chi connectivity index (χ2v) is 5.89. The minimum absolute atomic E-state index is 0.199. The Morgan fingerprint density at radius 3 is 2.41 bits per heavy atom. The summed E-state index contributed by atoms with van der Waals surface area (Å²) in [6, 6.07) is 13.8. The van der Waals surface area contributed by atoms with Crippen LogP contribution >= 0.6 is 0 Å². The average Bonchev–Trinajstić information content (AvgIpc) is 3.09. The summed E-state index contributed by atoms with van der Waals surface area (Å²) < 4.78 is 10.7. The molecule has 4 rings (SSSR count). The molecular formula is C19H16N4O4. The first-order valence-corrected chi connectivity index (χ1v) is 8.19. The molecule has 3 N–H and O–H groups in total. The molecule has 1 aromatic heterocycles. The van der Waals surface area contributed by atoms with Crippen molar-refractivity contribution in [2.75, 3.05) is 17.4 Å². The molecule has 0 saturated carbocycles. The van der Waals surface area contributed by atoms with Crippen LogP contribution in [0.1, 0.15) is 16.2 Å². The van der Waals surface area contributed by atoms with Crippen LogP contribution in [0.25, 0.3) is 0 Å². The molecule has 0 atom stereocenters. The molecule has 8 heteroatoms. The number of fused-ring (bicyclic) bond motifs is 1. The molecule has 0 fully saturated rings. The van der Waals surface area contributed by atoms with Crippen LogP contribution in [-0.4, -0.2) is 27.8 Å². The molecular weight excluding hydrogens is 348 g/mol. The molecule has 0 bridgehead atoms. The quantitative estimate of drug-likeness (QED) is 0.629. The SMILES string of the molecule is Cc1nc(Nc2cccc(C(=O)O)c2)cc(Nc2ccc3c(c2)OCO3)n1. The van der Waals surface area contributed by atoms with Crippen molar-refractivity contribution in [2.24, 2.45) is 0 Å². The fourth-order valence-corrected chi connectivity index (χ4v) is 2.70. The van der Waals surface area contributed by atoms with E-state index in [0.29, 0.717) is 34.6 Å². The van der Waals surface area contributed by atoms with Gasteiger partial charge in [-0.25, -0.2) is 14.8 Å². The van der Waals surface area contributed by atoms with Crippen molar-refractivity contribution in [2.45, 2.75) is 6.92 Å². The minimum atomic E-state index is -0.984. The van der Waals surface area contributed by atoms with Crippen molar-refractivity contribution in [1.82, 2.24) is 9.97 Å². The standard InChI is InChI=1S/C19H16N4O4/c1-11-20-17(22-13-4-2-3-12(7-13)19(24)25)9-18(21-11)23-14-5-6-15-16(8-14)27-10-26-15/h2-9H,10H2,1H3,(H,24,25)(H2,20,21,22,23). The van der Waals surface area contributed by atoms with Crippen LogP contribution in [0.5, 0.6) is 11.5 Å². The van der Waals surface area contributed by atoms with Gasteiger partial charge in [0.15, 0.2) is 11.5 Å². The molecule has 3 aromatic rings. The van der Waals surface area contributed by atoms with E-state index in [-0.39, 0.29) is 12.4 Å². The van der Waals surface area contributed by atoms with Crippen LogP contribution in [0.4, 0.5) is 23.0 Å². The van der Waals surface area contributed by atoms with E-state index in [9.17, 15) is 4.79 Å². The number of anilines is 4. The average molecular weight is 364 g/mol. The summed E-state index contributed by atoms with van der Waals surface area (Å²) in [5, 5.41) is 15.4. The summed E-state index contributed by atoms with van der Waals surface area (Å²) in [7, 11) is 0. The number of aryl methyl sites for hydroxylation is 1. The van der Waals surface area contributed by atoms with E-state index in [2.05, 4.69) is 20.6 Å². The number of rotatable bonds is 5. The highest BCUT2D eigenvalue weighted by Crippen LogP contribution is 2.35. The zero-order valence-electron chi connectivity index (χ0n) is 14.4. The monoisotopic (exact) mass is 364 g/mol. The smallest absolute Gasteiger partial charge is 0.335 e. The lowest BCUT2D eigenvalue weighted by Gasteiger charge is -2.11. The van der Waals surface area contributed by atoms with Gasteiger partial charge in [0.2, 0.25) is 6.79 Å². The summed E-state index contributed by atoms with van der Waals surface area (Å²) in [5.74, 6) is 2.11. The second-order valence-electron chi connectivity index (χ2n) is 5.89. The van der Waals surface area contributed by atoms with E-state index < -0.39 is 5.97 Å². The van der Waals surface area contributed by atoms with Gasteiger partial charge >= 0.3 is 5.97 Å². The third-order valence-corrected chi connectivity index (χ3v) is 3.86. The Hall–Kier alpha value is -3.81. The molecule has 27 heavy (non-hydrogen) atoms. The summed E-state index contributed by atoms with van der Waals surface area (Å²) in [6.07, 6.45) is 0. The number of carboxylic acids is 1. The highest BCUT2D eigenvalue weighted by atomic mass is 16.7. The zero-order valence-corrected chi connectivity index (χ0v) is 14.4. The molecule has 0 aliphatic carbocycles. The molecule has 0 radical (unpaired) electrons. The van der Waals surface area contributed by atoms with E-state index in [1.807, 2.05) is 18.2 Å². The largest absolute Gasteiger partial charge is 0.478 e. The van der Waals surface area contributed by atoms with E-state index in [4.69, 9.17) is 14.6 Å². The van der Waals surface area contributed by atoms with Crippen LogP contribution < -0.4 is 20.1 Å². The number of aromatic nitrogens is 2. The van der Waals surface area contributed by atoms with Crippen molar-refractivity contribution in [3.63, 3.8) is 0 Å². The van der Waals surface area contributed by atoms with Gasteiger partial charge in [-0.1, -0.05) is 6.07 Å². The number of ether oxygens (including phenoxy) is 2. The van der Waals surface area contributed by atoms with Gasteiger partial charge in [0.25, 0.3) is 0 Å². The fraction of sp³-hybridized carbons (Fsp3) is 0.105. The molecule has 1 aliphatic rings. The van der Waals surface area contributed by atoms with Crippen molar-refractivity contribution in [1.29, 1.82) is 0 Å². The summed E-state index contributed by atoms with van der Waals surface area (Å²) in [6.45, 7) is 2.00.